The molecule has 0 spiro atoms. The van der Waals surface area contributed by atoms with Gasteiger partial charge in [0.25, 0.3) is 0 Å². The fourth-order valence-electron chi connectivity index (χ4n) is 2.89. The fourth-order valence-corrected chi connectivity index (χ4v) is 2.89. The Morgan fingerprint density at radius 1 is 1.47 bits per heavy atom. The molecule has 2 rings (SSSR count). The zero-order chi connectivity index (χ0) is 10.9. The molecule has 1 aliphatic carbocycles. The van der Waals surface area contributed by atoms with Gasteiger partial charge in [0.15, 0.2) is 0 Å². The second-order valence-corrected chi connectivity index (χ2v) is 5.84. The van der Waals surface area contributed by atoms with Crippen molar-refractivity contribution in [3.8, 4) is 0 Å². The third-order valence-corrected chi connectivity index (χ3v) is 4.66. The topological polar surface area (TPSA) is 24.1 Å². The van der Waals surface area contributed by atoms with Crippen molar-refractivity contribution in [3.05, 3.63) is 0 Å². The summed E-state index contributed by atoms with van der Waals surface area (Å²) in [6.45, 7) is 10.7. The van der Waals surface area contributed by atoms with Crippen LogP contribution in [0.1, 0.15) is 40.0 Å². The maximum absolute atomic E-state index is 3.78. The van der Waals surface area contributed by atoms with Gasteiger partial charge in [-0.1, -0.05) is 27.2 Å². The number of hydrogen-bond acceptors (Lipinski definition) is 2. The molecule has 1 saturated heterocycles. The van der Waals surface area contributed by atoms with E-state index in [1.165, 1.54) is 38.9 Å². The zero-order valence-corrected chi connectivity index (χ0v) is 10.5. The highest BCUT2D eigenvalue weighted by Crippen LogP contribution is 2.37. The first-order valence-corrected chi connectivity index (χ1v) is 6.62. The van der Waals surface area contributed by atoms with Crippen LogP contribution >= 0.6 is 0 Å². The van der Waals surface area contributed by atoms with Crippen molar-refractivity contribution in [1.29, 1.82) is 0 Å². The molecule has 0 aromatic carbocycles. The van der Waals surface area contributed by atoms with Gasteiger partial charge in [-0.3, -0.25) is 0 Å². The van der Waals surface area contributed by atoms with Crippen LogP contribution < -0.4 is 10.6 Å². The van der Waals surface area contributed by atoms with Crippen LogP contribution in [0.25, 0.3) is 0 Å². The molecule has 15 heavy (non-hydrogen) atoms. The summed E-state index contributed by atoms with van der Waals surface area (Å²) in [5, 5.41) is 7.31. The Balaban J connectivity index is 1.80. The summed E-state index contributed by atoms with van der Waals surface area (Å²) in [6, 6.07) is 0.839. The normalized spacial score (nSPS) is 40.0. The third kappa shape index (κ3) is 2.36. The smallest absolute Gasteiger partial charge is 0.00992 e. The second-order valence-electron chi connectivity index (χ2n) is 5.84. The highest BCUT2D eigenvalue weighted by molar-refractivity contribution is 4.97. The molecule has 2 heteroatoms. The maximum atomic E-state index is 3.78. The first kappa shape index (κ1) is 11.4. The van der Waals surface area contributed by atoms with Crippen LogP contribution in [0.2, 0.25) is 0 Å². The molecule has 2 aliphatic rings. The minimum absolute atomic E-state index is 0.529. The first-order valence-electron chi connectivity index (χ1n) is 6.62. The van der Waals surface area contributed by atoms with Gasteiger partial charge in [-0.2, -0.15) is 0 Å². The quantitative estimate of drug-likeness (QED) is 0.725. The van der Waals surface area contributed by atoms with Gasteiger partial charge in [-0.05, 0) is 36.6 Å². The Kier molecular flexibility index (Phi) is 3.36. The Morgan fingerprint density at radius 2 is 2.27 bits per heavy atom. The lowest BCUT2D eigenvalue weighted by molar-refractivity contribution is 0.207. The highest BCUT2D eigenvalue weighted by atomic mass is 15.0. The lowest BCUT2D eigenvalue weighted by Gasteiger charge is -2.33. The first-order chi connectivity index (χ1) is 7.18. The summed E-state index contributed by atoms with van der Waals surface area (Å²) in [5.41, 5.74) is 0.529. The molecule has 2 N–H and O–H groups in total. The van der Waals surface area contributed by atoms with E-state index in [0.29, 0.717) is 5.41 Å². The molecule has 1 heterocycles. The van der Waals surface area contributed by atoms with Crippen molar-refractivity contribution in [2.24, 2.45) is 17.3 Å². The van der Waals surface area contributed by atoms with Crippen molar-refractivity contribution in [2.75, 3.05) is 19.6 Å². The van der Waals surface area contributed by atoms with E-state index in [9.17, 15) is 0 Å². The Labute approximate surface area is 94.2 Å². The van der Waals surface area contributed by atoms with Crippen molar-refractivity contribution in [2.45, 2.75) is 46.1 Å². The molecule has 2 fully saturated rings. The monoisotopic (exact) mass is 210 g/mol. The Bertz CT molecular complexity index is 207. The molecular weight excluding hydrogens is 184 g/mol. The molecule has 88 valence electrons. The second kappa shape index (κ2) is 4.42. The number of nitrogens with one attached hydrogen (secondary N) is 2. The van der Waals surface area contributed by atoms with Gasteiger partial charge in [-0.15, -0.1) is 0 Å². The van der Waals surface area contributed by atoms with Gasteiger partial charge in [0, 0.05) is 19.1 Å². The largest absolute Gasteiger partial charge is 0.316 e. The molecule has 3 atom stereocenters. The Morgan fingerprint density at radius 3 is 2.73 bits per heavy atom. The molecular formula is C13H26N2. The molecule has 0 radical (unpaired) electrons. The Hall–Kier alpha value is -0.0800. The molecule has 1 aliphatic heterocycles. The molecule has 0 aromatic rings. The van der Waals surface area contributed by atoms with E-state index in [-0.39, 0.29) is 0 Å². The van der Waals surface area contributed by atoms with Crippen LogP contribution in [0.4, 0.5) is 0 Å². The maximum Gasteiger partial charge on any atom is 0.00992 e. The van der Waals surface area contributed by atoms with E-state index < -0.39 is 0 Å². The number of hydrogen-bond donors (Lipinski definition) is 2. The van der Waals surface area contributed by atoms with Crippen LogP contribution in [0.3, 0.4) is 0 Å². The summed E-state index contributed by atoms with van der Waals surface area (Å²) in [6.07, 6.45) is 4.11. The molecule has 0 bridgehead atoms. The van der Waals surface area contributed by atoms with Crippen LogP contribution in [0.15, 0.2) is 0 Å². The summed E-state index contributed by atoms with van der Waals surface area (Å²) < 4.78 is 0. The summed E-state index contributed by atoms with van der Waals surface area (Å²) in [5.74, 6) is 1.77. The molecule has 1 saturated carbocycles. The van der Waals surface area contributed by atoms with Gasteiger partial charge in [0.2, 0.25) is 0 Å². The van der Waals surface area contributed by atoms with Gasteiger partial charge >= 0.3 is 0 Å². The number of rotatable bonds is 5. The van der Waals surface area contributed by atoms with Gasteiger partial charge in [0.1, 0.15) is 0 Å². The average molecular weight is 210 g/mol. The molecule has 0 aromatic heterocycles. The lowest BCUT2D eigenvalue weighted by atomic mass is 9.76. The van der Waals surface area contributed by atoms with E-state index in [4.69, 9.17) is 0 Å². The van der Waals surface area contributed by atoms with E-state index in [0.717, 1.165) is 17.9 Å². The van der Waals surface area contributed by atoms with E-state index >= 15 is 0 Å². The van der Waals surface area contributed by atoms with Crippen molar-refractivity contribution in [1.82, 2.24) is 10.6 Å². The average Bonchev–Trinajstić information content (AvgIpc) is 2.82. The van der Waals surface area contributed by atoms with Gasteiger partial charge < -0.3 is 10.6 Å². The highest BCUT2D eigenvalue weighted by Gasteiger charge is 2.40. The SMILES string of the molecule is CCC1CC1NCC1(C(C)C)CCNC1. The van der Waals surface area contributed by atoms with Gasteiger partial charge in [-0.25, -0.2) is 0 Å². The van der Waals surface area contributed by atoms with Crippen LogP contribution in [0, 0.1) is 17.3 Å². The van der Waals surface area contributed by atoms with Crippen LogP contribution in [-0.4, -0.2) is 25.7 Å². The fraction of sp³-hybridized carbons (Fsp3) is 1.00. The van der Waals surface area contributed by atoms with Gasteiger partial charge in [0.05, 0.1) is 0 Å². The molecule has 0 amide bonds. The standard InChI is InChI=1S/C13H26N2/c1-4-11-7-12(11)15-9-13(10(2)3)5-6-14-8-13/h10-12,14-15H,4-9H2,1-3H3. The zero-order valence-electron chi connectivity index (χ0n) is 10.5. The predicted molar refractivity (Wildman–Crippen MR) is 64.9 cm³/mol. The minimum Gasteiger partial charge on any atom is -0.316 e. The van der Waals surface area contributed by atoms with E-state index in [1.54, 1.807) is 0 Å². The van der Waals surface area contributed by atoms with E-state index in [2.05, 4.69) is 31.4 Å². The minimum atomic E-state index is 0.529. The predicted octanol–water partition coefficient (Wildman–Crippen LogP) is 2.01. The van der Waals surface area contributed by atoms with Crippen molar-refractivity contribution >= 4 is 0 Å². The summed E-state index contributed by atoms with van der Waals surface area (Å²) in [7, 11) is 0. The molecule has 3 unspecified atom stereocenters. The van der Waals surface area contributed by atoms with Crippen LogP contribution in [-0.2, 0) is 0 Å². The molecule has 2 nitrogen and oxygen atoms in total. The van der Waals surface area contributed by atoms with Crippen molar-refractivity contribution < 1.29 is 0 Å². The van der Waals surface area contributed by atoms with Crippen molar-refractivity contribution in [3.63, 3.8) is 0 Å². The summed E-state index contributed by atoms with van der Waals surface area (Å²) in [4.78, 5) is 0. The van der Waals surface area contributed by atoms with E-state index in [1.807, 2.05) is 0 Å². The summed E-state index contributed by atoms with van der Waals surface area (Å²) >= 11 is 0. The van der Waals surface area contributed by atoms with Crippen LogP contribution in [0.5, 0.6) is 0 Å². The lowest BCUT2D eigenvalue weighted by Crippen LogP contribution is -2.41. The third-order valence-electron chi connectivity index (χ3n) is 4.66.